The maximum absolute atomic E-state index is 12.4. The molecule has 0 unspecified atom stereocenters. The van der Waals surface area contributed by atoms with Crippen molar-refractivity contribution in [2.75, 3.05) is 0 Å². The van der Waals surface area contributed by atoms with Crippen molar-refractivity contribution < 1.29 is 9.52 Å². The van der Waals surface area contributed by atoms with Crippen LogP contribution in [0.15, 0.2) is 92.1 Å². The highest BCUT2D eigenvalue weighted by atomic mass is 32.1. The molecule has 3 aromatic heterocycles. The highest BCUT2D eigenvalue weighted by molar-refractivity contribution is 7.13. The molecule has 5 rings (SSSR count). The first kappa shape index (κ1) is 19.0. The van der Waals surface area contributed by atoms with Crippen LogP contribution in [0.5, 0.6) is 5.88 Å². The molecule has 7 nitrogen and oxygen atoms in total. The minimum Gasteiger partial charge on any atom is -0.493 e. The van der Waals surface area contributed by atoms with Crippen LogP contribution in [0.25, 0.3) is 33.1 Å². The van der Waals surface area contributed by atoms with Gasteiger partial charge in [0.25, 0.3) is 0 Å². The van der Waals surface area contributed by atoms with E-state index < -0.39 is 5.63 Å². The van der Waals surface area contributed by atoms with E-state index in [1.807, 2.05) is 42.5 Å². The van der Waals surface area contributed by atoms with Gasteiger partial charge in [-0.15, -0.1) is 28.1 Å². The molecular weight excluding hydrogens is 412 g/mol. The molecule has 1 N–H and O–H groups in total. The van der Waals surface area contributed by atoms with Gasteiger partial charge in [0.05, 0.1) is 16.8 Å². The molecule has 3 heterocycles. The summed E-state index contributed by atoms with van der Waals surface area (Å²) >= 11 is 1.25. The van der Waals surface area contributed by atoms with E-state index in [1.54, 1.807) is 28.2 Å². The third kappa shape index (κ3) is 3.32. The average Bonchev–Trinajstić information content (AvgIpc) is 3.35. The average molecular weight is 428 g/mol. The van der Waals surface area contributed by atoms with Crippen LogP contribution in [0, 0.1) is 0 Å². The summed E-state index contributed by atoms with van der Waals surface area (Å²) in [7, 11) is 0. The fraction of sp³-hybridized carbons (Fsp3) is 0.0435. The van der Waals surface area contributed by atoms with E-state index in [2.05, 4.69) is 21.8 Å². The first-order chi connectivity index (χ1) is 15.2. The zero-order chi connectivity index (χ0) is 21.4. The standard InChI is InChI=1S/C23H16N4O3S/c1-2-11-27-18-9-5-4-8-15(18)20(21(27)28)25-26-23-24-17(13-31-23)16-12-14-7-3-6-10-19(14)30-22(16)29/h2-10,12-13,28H,1,11H2. The minimum absolute atomic E-state index is 0.0109. The summed E-state index contributed by atoms with van der Waals surface area (Å²) in [6, 6.07) is 16.6. The van der Waals surface area contributed by atoms with Gasteiger partial charge in [0.15, 0.2) is 5.69 Å². The molecule has 0 atom stereocenters. The Morgan fingerprint density at radius 3 is 2.84 bits per heavy atom. The summed E-state index contributed by atoms with van der Waals surface area (Å²) in [5, 5.41) is 22.8. The van der Waals surface area contributed by atoms with Crippen molar-refractivity contribution in [3.8, 4) is 17.1 Å². The normalized spacial score (nSPS) is 11.6. The second-order valence-corrected chi connectivity index (χ2v) is 7.63. The molecule has 0 bridgehead atoms. The van der Waals surface area contributed by atoms with E-state index in [-0.39, 0.29) is 5.88 Å². The molecule has 0 aliphatic rings. The zero-order valence-corrected chi connectivity index (χ0v) is 17.0. The Labute approximate surface area is 180 Å². The number of rotatable bonds is 5. The lowest BCUT2D eigenvalue weighted by Gasteiger charge is -2.01. The topological polar surface area (TPSA) is 93.0 Å². The number of thiazole rings is 1. The largest absolute Gasteiger partial charge is 0.493 e. The smallest absolute Gasteiger partial charge is 0.345 e. The van der Waals surface area contributed by atoms with E-state index in [1.165, 1.54) is 11.3 Å². The maximum Gasteiger partial charge on any atom is 0.345 e. The summed E-state index contributed by atoms with van der Waals surface area (Å²) in [5.41, 5.74) is 2.09. The van der Waals surface area contributed by atoms with Crippen LogP contribution in [0.1, 0.15) is 0 Å². The number of fused-ring (bicyclic) bond motifs is 2. The number of azo groups is 1. The van der Waals surface area contributed by atoms with Gasteiger partial charge in [-0.2, -0.15) is 0 Å². The second kappa shape index (κ2) is 7.66. The Kier molecular flexibility index (Phi) is 4.68. The molecule has 31 heavy (non-hydrogen) atoms. The third-order valence-electron chi connectivity index (χ3n) is 4.87. The zero-order valence-electron chi connectivity index (χ0n) is 16.2. The van der Waals surface area contributed by atoms with Crippen molar-refractivity contribution >= 4 is 44.0 Å². The molecule has 0 saturated carbocycles. The summed E-state index contributed by atoms with van der Waals surface area (Å²) < 4.78 is 7.10. The lowest BCUT2D eigenvalue weighted by Crippen LogP contribution is -2.02. The predicted molar refractivity (Wildman–Crippen MR) is 122 cm³/mol. The summed E-state index contributed by atoms with van der Waals surface area (Å²) in [6.07, 6.45) is 1.70. The van der Waals surface area contributed by atoms with E-state index in [0.29, 0.717) is 34.2 Å². The Morgan fingerprint density at radius 2 is 1.97 bits per heavy atom. The monoisotopic (exact) mass is 428 g/mol. The van der Waals surface area contributed by atoms with Gasteiger partial charge in [-0.1, -0.05) is 42.5 Å². The number of aromatic hydroxyl groups is 1. The number of nitrogens with zero attached hydrogens (tertiary/aromatic N) is 4. The Bertz CT molecular complexity index is 1530. The SMILES string of the molecule is C=CCn1c(O)c(N=Nc2nc(-c3cc4ccccc4oc3=O)cs2)c2ccccc21. The van der Waals surface area contributed by atoms with E-state index in [0.717, 1.165) is 16.3 Å². The molecule has 2 aromatic carbocycles. The second-order valence-electron chi connectivity index (χ2n) is 6.79. The van der Waals surface area contributed by atoms with Gasteiger partial charge in [0.1, 0.15) is 5.58 Å². The molecule has 0 saturated heterocycles. The van der Waals surface area contributed by atoms with Gasteiger partial charge in [-0.05, 0) is 18.2 Å². The third-order valence-corrected chi connectivity index (χ3v) is 5.60. The predicted octanol–water partition coefficient (Wildman–Crippen LogP) is 6.18. The van der Waals surface area contributed by atoms with Crippen molar-refractivity contribution in [1.29, 1.82) is 0 Å². The van der Waals surface area contributed by atoms with Gasteiger partial charge in [0, 0.05) is 22.7 Å². The summed E-state index contributed by atoms with van der Waals surface area (Å²) in [6.45, 7) is 4.18. The van der Waals surface area contributed by atoms with Crippen molar-refractivity contribution in [1.82, 2.24) is 9.55 Å². The quantitative estimate of drug-likeness (QED) is 0.205. The molecule has 152 valence electrons. The minimum atomic E-state index is -0.461. The fourth-order valence-corrected chi connectivity index (χ4v) is 4.09. The van der Waals surface area contributed by atoms with Crippen LogP contribution in [0.2, 0.25) is 0 Å². The maximum atomic E-state index is 12.4. The van der Waals surface area contributed by atoms with Crippen LogP contribution in [-0.4, -0.2) is 14.7 Å². The van der Waals surface area contributed by atoms with Crippen LogP contribution < -0.4 is 5.63 Å². The Hall–Kier alpha value is -4.04. The molecular formula is C23H16N4O3S. The van der Waals surface area contributed by atoms with E-state index in [9.17, 15) is 9.90 Å². The molecule has 0 aliphatic carbocycles. The van der Waals surface area contributed by atoms with Crippen LogP contribution in [-0.2, 0) is 6.54 Å². The van der Waals surface area contributed by atoms with Gasteiger partial charge in [-0.3, -0.25) is 0 Å². The van der Waals surface area contributed by atoms with Crippen LogP contribution >= 0.6 is 11.3 Å². The van der Waals surface area contributed by atoms with E-state index >= 15 is 0 Å². The van der Waals surface area contributed by atoms with Crippen molar-refractivity contribution in [3.63, 3.8) is 0 Å². The lowest BCUT2D eigenvalue weighted by atomic mass is 10.1. The van der Waals surface area contributed by atoms with E-state index in [4.69, 9.17) is 4.42 Å². The molecule has 0 fully saturated rings. The van der Waals surface area contributed by atoms with Gasteiger partial charge in [0.2, 0.25) is 11.0 Å². The molecule has 5 aromatic rings. The Balaban J connectivity index is 1.52. The van der Waals surface area contributed by atoms with Crippen LogP contribution in [0.4, 0.5) is 10.8 Å². The van der Waals surface area contributed by atoms with Gasteiger partial charge in [-0.25, -0.2) is 9.78 Å². The number of allylic oxidation sites excluding steroid dienone is 1. The number of benzene rings is 2. The Morgan fingerprint density at radius 1 is 1.16 bits per heavy atom. The number of para-hydroxylation sites is 2. The molecule has 8 heteroatoms. The molecule has 0 spiro atoms. The van der Waals surface area contributed by atoms with Gasteiger partial charge < -0.3 is 14.1 Å². The van der Waals surface area contributed by atoms with Gasteiger partial charge >= 0.3 is 5.63 Å². The molecule has 0 aliphatic heterocycles. The highest BCUT2D eigenvalue weighted by Gasteiger charge is 2.16. The van der Waals surface area contributed by atoms with Crippen molar-refractivity contribution in [2.45, 2.75) is 6.54 Å². The lowest BCUT2D eigenvalue weighted by molar-refractivity contribution is 0.431. The van der Waals surface area contributed by atoms with Crippen molar-refractivity contribution in [3.05, 3.63) is 83.1 Å². The van der Waals surface area contributed by atoms with Crippen LogP contribution in [0.3, 0.4) is 0 Å². The number of aromatic nitrogens is 2. The molecule has 0 amide bonds. The van der Waals surface area contributed by atoms with Crippen molar-refractivity contribution in [2.24, 2.45) is 10.2 Å². The molecule has 0 radical (unpaired) electrons. The first-order valence-corrected chi connectivity index (χ1v) is 10.4. The summed E-state index contributed by atoms with van der Waals surface area (Å²) in [5.74, 6) is 0.0109. The fourth-order valence-electron chi connectivity index (χ4n) is 3.45. The first-order valence-electron chi connectivity index (χ1n) is 9.47. The summed E-state index contributed by atoms with van der Waals surface area (Å²) in [4.78, 5) is 16.8. The highest BCUT2D eigenvalue weighted by Crippen LogP contribution is 2.39. The number of hydrogen-bond acceptors (Lipinski definition) is 7. The number of hydrogen-bond donors (Lipinski definition) is 1.